The summed E-state index contributed by atoms with van der Waals surface area (Å²) in [5, 5.41) is 3.20. The molecule has 0 unspecified atom stereocenters. The van der Waals surface area contributed by atoms with E-state index in [1.807, 2.05) is 42.3 Å². The van der Waals surface area contributed by atoms with Gasteiger partial charge in [-0.15, -0.1) is 24.0 Å². The van der Waals surface area contributed by atoms with Gasteiger partial charge in [0.1, 0.15) is 12.4 Å². The van der Waals surface area contributed by atoms with Crippen LogP contribution in [0.25, 0.3) is 0 Å². The lowest BCUT2D eigenvalue weighted by molar-refractivity contribution is -0.0496. The molecule has 12 heteroatoms. The predicted octanol–water partition coefficient (Wildman–Crippen LogP) is 2.75. The summed E-state index contributed by atoms with van der Waals surface area (Å²) >= 11 is 0. The number of nitrogens with zero attached hydrogens (tertiary/aromatic N) is 3. The quantitative estimate of drug-likeness (QED) is 0.314. The Balaban J connectivity index is 0.00000450. The van der Waals surface area contributed by atoms with Crippen molar-refractivity contribution in [2.45, 2.75) is 18.3 Å². The third kappa shape index (κ3) is 7.45. The minimum absolute atomic E-state index is 0. The van der Waals surface area contributed by atoms with E-state index in [0.29, 0.717) is 42.8 Å². The Hall–Kier alpha value is -1.28. The van der Waals surface area contributed by atoms with Crippen LogP contribution in [0.1, 0.15) is 12.8 Å². The summed E-state index contributed by atoms with van der Waals surface area (Å²) in [4.78, 5) is 6.10. The Labute approximate surface area is 192 Å². The van der Waals surface area contributed by atoms with E-state index in [1.54, 1.807) is 7.05 Å². The van der Waals surface area contributed by atoms with Crippen LogP contribution in [0.4, 0.5) is 13.2 Å². The highest BCUT2D eigenvalue weighted by atomic mass is 127. The molecule has 0 spiro atoms. The summed E-state index contributed by atoms with van der Waals surface area (Å²) in [6, 6.07) is 9.44. The number of hydrogen-bond donors (Lipinski definition) is 1. The number of hydrogen-bond acceptors (Lipinski definition) is 4. The monoisotopic (exact) mass is 564 g/mol. The maximum atomic E-state index is 12.6. The first-order chi connectivity index (χ1) is 13.6. The van der Waals surface area contributed by atoms with E-state index in [-0.39, 0.29) is 43.0 Å². The predicted molar refractivity (Wildman–Crippen MR) is 121 cm³/mol. The molecule has 0 aliphatic carbocycles. The summed E-state index contributed by atoms with van der Waals surface area (Å²) < 4.78 is 67.0. The number of guanidine groups is 1. The summed E-state index contributed by atoms with van der Waals surface area (Å²) in [5.74, 6) is 1.50. The molecule has 1 fully saturated rings. The molecule has 2 rings (SSSR count). The lowest BCUT2D eigenvalue weighted by Gasteiger charge is -2.32. The normalized spacial score (nSPS) is 16.6. The van der Waals surface area contributed by atoms with Crippen LogP contribution in [0.3, 0.4) is 0 Å². The van der Waals surface area contributed by atoms with Gasteiger partial charge in [0.05, 0.1) is 6.54 Å². The van der Waals surface area contributed by atoms with Crippen LogP contribution in [0.2, 0.25) is 0 Å². The van der Waals surface area contributed by atoms with Crippen LogP contribution in [0.5, 0.6) is 5.75 Å². The second kappa shape index (κ2) is 11.9. The van der Waals surface area contributed by atoms with Crippen LogP contribution in [0.15, 0.2) is 35.3 Å². The van der Waals surface area contributed by atoms with Crippen molar-refractivity contribution in [1.82, 2.24) is 14.5 Å². The molecule has 1 aliphatic heterocycles. The fourth-order valence-electron chi connectivity index (χ4n) is 3.04. The van der Waals surface area contributed by atoms with Crippen molar-refractivity contribution < 1.29 is 26.3 Å². The minimum Gasteiger partial charge on any atom is -0.492 e. The van der Waals surface area contributed by atoms with Crippen LogP contribution >= 0.6 is 24.0 Å². The third-order valence-electron chi connectivity index (χ3n) is 4.77. The molecule has 1 aromatic rings. The molecule has 0 aromatic heterocycles. The number of halogens is 4. The van der Waals surface area contributed by atoms with Crippen LogP contribution < -0.4 is 10.1 Å². The minimum atomic E-state index is -5.25. The second-order valence-corrected chi connectivity index (χ2v) is 8.73. The van der Waals surface area contributed by atoms with Gasteiger partial charge in [-0.2, -0.15) is 17.5 Å². The number of likely N-dealkylation sites (N-methyl/N-ethyl adjacent to an activating group) is 1. The summed E-state index contributed by atoms with van der Waals surface area (Å²) in [7, 11) is -1.73. The highest BCUT2D eigenvalue weighted by Gasteiger charge is 2.50. The molecule has 30 heavy (non-hydrogen) atoms. The lowest BCUT2D eigenvalue weighted by atomic mass is 9.98. The molecule has 0 radical (unpaired) electrons. The number of sulfonamides is 1. The van der Waals surface area contributed by atoms with Gasteiger partial charge in [-0.25, -0.2) is 8.42 Å². The molecule has 0 atom stereocenters. The highest BCUT2D eigenvalue weighted by molar-refractivity contribution is 14.0. The van der Waals surface area contributed by atoms with Crippen molar-refractivity contribution in [3.63, 3.8) is 0 Å². The number of piperidine rings is 1. The number of ether oxygens (including phenoxy) is 1. The van der Waals surface area contributed by atoms with E-state index in [2.05, 4.69) is 10.3 Å². The molecule has 172 valence electrons. The highest BCUT2D eigenvalue weighted by Crippen LogP contribution is 2.30. The lowest BCUT2D eigenvalue weighted by Crippen LogP contribution is -2.47. The largest absolute Gasteiger partial charge is 0.511 e. The van der Waals surface area contributed by atoms with Crippen molar-refractivity contribution >= 4 is 40.0 Å². The van der Waals surface area contributed by atoms with Gasteiger partial charge in [0.25, 0.3) is 0 Å². The molecule has 1 aliphatic rings. The van der Waals surface area contributed by atoms with E-state index >= 15 is 0 Å². The van der Waals surface area contributed by atoms with Crippen molar-refractivity contribution in [1.29, 1.82) is 0 Å². The molecule has 1 heterocycles. The van der Waals surface area contributed by atoms with Gasteiger partial charge in [-0.3, -0.25) is 4.99 Å². The fraction of sp³-hybridized carbons (Fsp3) is 0.611. The molecule has 0 bridgehead atoms. The van der Waals surface area contributed by atoms with E-state index in [9.17, 15) is 21.6 Å². The standard InChI is InChI=1S/C18H27F3N4O3S.HI/c1-22-17(24(2)12-13-28-16-6-4-3-5-7-16)23-14-15-8-10-25(11-9-15)29(26,27)18(19,20)21;/h3-7,15H,8-14H2,1-2H3,(H,22,23);1H. The Bertz CT molecular complexity index is 771. The number of nitrogens with one attached hydrogen (secondary N) is 1. The molecule has 1 N–H and O–H groups in total. The number of alkyl halides is 3. The number of para-hydroxylation sites is 1. The Morgan fingerprint density at radius 1 is 1.27 bits per heavy atom. The van der Waals surface area contributed by atoms with Gasteiger partial charge >= 0.3 is 15.5 Å². The molecule has 0 amide bonds. The fourth-order valence-corrected chi connectivity index (χ4v) is 4.03. The Morgan fingerprint density at radius 2 is 1.87 bits per heavy atom. The first kappa shape index (κ1) is 26.8. The topological polar surface area (TPSA) is 74.2 Å². The molecular weight excluding hydrogens is 536 g/mol. The average molecular weight is 564 g/mol. The zero-order valence-corrected chi connectivity index (χ0v) is 20.1. The summed E-state index contributed by atoms with van der Waals surface area (Å²) in [5.41, 5.74) is -5.25. The molecule has 1 aromatic carbocycles. The number of aliphatic imine (C=N–C) groups is 1. The van der Waals surface area contributed by atoms with Crippen molar-refractivity contribution in [3.8, 4) is 5.75 Å². The van der Waals surface area contributed by atoms with Crippen molar-refractivity contribution in [2.24, 2.45) is 10.9 Å². The first-order valence-corrected chi connectivity index (χ1v) is 10.7. The zero-order chi connectivity index (χ0) is 21.5. The van der Waals surface area contributed by atoms with Crippen molar-refractivity contribution in [3.05, 3.63) is 30.3 Å². The van der Waals surface area contributed by atoms with Gasteiger partial charge in [0.15, 0.2) is 5.96 Å². The van der Waals surface area contributed by atoms with Gasteiger partial charge in [-0.05, 0) is 30.9 Å². The SMILES string of the molecule is CN=C(NCC1CCN(S(=O)(=O)C(F)(F)F)CC1)N(C)CCOc1ccccc1.I. The maximum Gasteiger partial charge on any atom is 0.511 e. The van der Waals surface area contributed by atoms with Gasteiger partial charge in [-0.1, -0.05) is 18.2 Å². The summed E-state index contributed by atoms with van der Waals surface area (Å²) in [6.45, 7) is 1.31. The van der Waals surface area contributed by atoms with Gasteiger partial charge in [0.2, 0.25) is 0 Å². The van der Waals surface area contributed by atoms with Crippen LogP contribution in [0, 0.1) is 5.92 Å². The zero-order valence-electron chi connectivity index (χ0n) is 16.9. The van der Waals surface area contributed by atoms with E-state index in [1.165, 1.54) is 0 Å². The van der Waals surface area contributed by atoms with Crippen LogP contribution in [-0.2, 0) is 10.0 Å². The third-order valence-corrected chi connectivity index (χ3v) is 6.40. The number of benzene rings is 1. The first-order valence-electron chi connectivity index (χ1n) is 9.31. The molecule has 0 saturated carbocycles. The molecule has 1 saturated heterocycles. The second-order valence-electron chi connectivity index (χ2n) is 6.80. The Morgan fingerprint density at radius 3 is 2.40 bits per heavy atom. The maximum absolute atomic E-state index is 12.6. The molecular formula is C18H28F3IN4O3S. The smallest absolute Gasteiger partial charge is 0.492 e. The molecule has 7 nitrogen and oxygen atoms in total. The average Bonchev–Trinajstić information content (AvgIpc) is 2.69. The van der Waals surface area contributed by atoms with Gasteiger partial charge < -0.3 is 15.0 Å². The van der Waals surface area contributed by atoms with E-state index in [0.717, 1.165) is 5.75 Å². The summed E-state index contributed by atoms with van der Waals surface area (Å²) in [6.07, 6.45) is 0.722. The van der Waals surface area contributed by atoms with Crippen LogP contribution in [-0.4, -0.2) is 76.0 Å². The van der Waals surface area contributed by atoms with E-state index < -0.39 is 15.5 Å². The van der Waals surface area contributed by atoms with E-state index in [4.69, 9.17) is 4.74 Å². The van der Waals surface area contributed by atoms with Crippen molar-refractivity contribution in [2.75, 3.05) is 46.9 Å². The Kier molecular flexibility index (Phi) is 10.6. The van der Waals surface area contributed by atoms with Gasteiger partial charge in [0, 0.05) is 33.7 Å². The number of rotatable bonds is 7.